The Kier molecular flexibility index (Phi) is 33.1. The van der Waals surface area contributed by atoms with Gasteiger partial charge in [-0.2, -0.15) is 0 Å². The third-order valence-corrected chi connectivity index (χ3v) is 23.8. The summed E-state index contributed by atoms with van der Waals surface area (Å²) in [6.07, 6.45) is 5.11. The van der Waals surface area contributed by atoms with Gasteiger partial charge in [0.2, 0.25) is 41.4 Å². The molecule has 0 aromatic heterocycles. The van der Waals surface area contributed by atoms with E-state index in [4.69, 9.17) is 62.3 Å². The van der Waals surface area contributed by atoms with Crippen molar-refractivity contribution >= 4 is 106 Å². The zero-order chi connectivity index (χ0) is 87.3. The van der Waals surface area contributed by atoms with Gasteiger partial charge in [0.25, 0.3) is 0 Å². The average molecular weight is 1680 g/mol. The molecule has 9 amide bonds. The Morgan fingerprint density at radius 1 is 0.632 bits per heavy atom. The van der Waals surface area contributed by atoms with E-state index < -0.39 is 186 Å². The molecule has 0 radical (unpaired) electrons. The molecule has 6 aliphatic rings. The summed E-state index contributed by atoms with van der Waals surface area (Å²) in [5, 5.41) is 42.1. The highest BCUT2D eigenvalue weighted by atomic mass is 35.5. The number of hydrogen-bond acceptors (Lipinski definition) is 24. The van der Waals surface area contributed by atoms with Crippen LogP contribution in [0.15, 0.2) is 71.9 Å². The number of halogens is 2. The summed E-state index contributed by atoms with van der Waals surface area (Å²) < 4.78 is 41.1. The summed E-state index contributed by atoms with van der Waals surface area (Å²) in [5.41, 5.74) is 0.858. The Balaban J connectivity index is 0.000000371. The van der Waals surface area contributed by atoms with Crippen LogP contribution in [-0.4, -0.2) is 231 Å². The number of fused-ring (bicyclic) bond motifs is 10. The van der Waals surface area contributed by atoms with E-state index in [0.29, 0.717) is 34.3 Å². The molecule has 6 heterocycles. The van der Waals surface area contributed by atoms with Crippen LogP contribution in [-0.2, 0) is 98.8 Å². The zero-order valence-corrected chi connectivity index (χ0v) is 71.7. The van der Waals surface area contributed by atoms with Crippen molar-refractivity contribution in [1.29, 1.82) is 0 Å². The first-order valence-electron chi connectivity index (χ1n) is 39.2. The van der Waals surface area contributed by atoms with Crippen molar-refractivity contribution in [2.75, 3.05) is 70.9 Å². The van der Waals surface area contributed by atoms with Gasteiger partial charge >= 0.3 is 24.1 Å². The van der Waals surface area contributed by atoms with Gasteiger partial charge in [0.05, 0.1) is 52.5 Å². The number of anilines is 2. The number of hydrogen-bond donors (Lipinski definition) is 10. The minimum atomic E-state index is -1.68. The van der Waals surface area contributed by atoms with Crippen molar-refractivity contribution in [3.05, 3.63) is 104 Å². The first kappa shape index (κ1) is 95.2. The highest BCUT2D eigenvalue weighted by Gasteiger charge is 2.66. The summed E-state index contributed by atoms with van der Waals surface area (Å²) in [7, 11) is 6.19. The lowest BCUT2D eigenvalue weighted by Gasteiger charge is -2.41. The second-order valence-corrected chi connectivity index (χ2v) is 32.9. The van der Waals surface area contributed by atoms with Crippen LogP contribution in [0.25, 0.3) is 0 Å². The number of ketones is 1. The molecule has 2 aromatic carbocycles. The molecule has 8 bridgehead atoms. The number of carbonyl (C=O) groups excluding carboxylic acids is 12. The number of rotatable bonds is 22. The highest BCUT2D eigenvalue weighted by molar-refractivity contribution is 6.35. The molecule has 8 rings (SSSR count). The van der Waals surface area contributed by atoms with Crippen LogP contribution in [0.2, 0.25) is 10.0 Å². The van der Waals surface area contributed by atoms with E-state index in [2.05, 4.69) is 42.1 Å². The van der Waals surface area contributed by atoms with Crippen molar-refractivity contribution in [3.63, 3.8) is 0 Å². The smallest absolute Gasteiger partial charge is 0.409 e. The Hall–Kier alpha value is -8.90. The molecule has 2 aromatic rings. The number of allylic oxidation sites excluding steroid dienone is 6. The molecule has 646 valence electrons. The Labute approximate surface area is 693 Å². The quantitative estimate of drug-likeness (QED) is 0.0233. The number of nitrogens with one attached hydrogen (secondary N) is 7. The van der Waals surface area contributed by atoms with Gasteiger partial charge in [-0.3, -0.25) is 58.6 Å². The molecule has 11 N–H and O–H groups in total. The lowest BCUT2D eigenvalue weighted by atomic mass is 9.82. The molecule has 0 saturated carbocycles. The number of alkyl carbamates (subject to hydrolysis) is 2. The summed E-state index contributed by atoms with van der Waals surface area (Å²) in [6.45, 7) is 24.3. The van der Waals surface area contributed by atoms with E-state index in [1.165, 1.54) is 44.5 Å². The van der Waals surface area contributed by atoms with Gasteiger partial charge in [-0.25, -0.2) is 20.3 Å². The fraction of sp³-hybridized carbons (Fsp3) is 0.610. The fourth-order valence-electron chi connectivity index (χ4n) is 14.4. The van der Waals surface area contributed by atoms with E-state index in [1.807, 2.05) is 96.2 Å². The minimum absolute atomic E-state index is 0.00553. The average Bonchev–Trinajstić information content (AvgIpc) is 1.58. The molecule has 0 aliphatic carbocycles. The van der Waals surface area contributed by atoms with Gasteiger partial charge in [-0.15, -0.1) is 0 Å². The summed E-state index contributed by atoms with van der Waals surface area (Å²) in [5.74, 6) is -3.70. The van der Waals surface area contributed by atoms with Crippen molar-refractivity contribution in [1.82, 2.24) is 42.1 Å². The van der Waals surface area contributed by atoms with Crippen molar-refractivity contribution in [2.45, 2.75) is 232 Å². The molecule has 6 aliphatic heterocycles. The minimum Gasteiger partial charge on any atom is -0.457 e. The van der Waals surface area contributed by atoms with Gasteiger partial charge in [-0.05, 0) is 124 Å². The van der Waals surface area contributed by atoms with Crippen LogP contribution in [0.3, 0.4) is 0 Å². The molecule has 4 saturated heterocycles. The van der Waals surface area contributed by atoms with Crippen molar-refractivity contribution in [3.8, 4) is 0 Å². The van der Waals surface area contributed by atoms with Crippen LogP contribution in [0.5, 0.6) is 0 Å². The molecule has 35 heteroatoms. The normalized spacial score (nSPS) is 30.1. The molecule has 19 unspecified atom stereocenters. The van der Waals surface area contributed by atoms with E-state index in [0.717, 1.165) is 38.3 Å². The van der Waals surface area contributed by atoms with Crippen LogP contribution in [0, 0.1) is 43.4 Å². The number of likely N-dealkylation sites (N-methyl/N-ethyl adjacent to an activating group) is 2. The molecule has 4 fully saturated rings. The van der Waals surface area contributed by atoms with E-state index >= 15 is 0 Å². The van der Waals surface area contributed by atoms with Crippen LogP contribution < -0.4 is 52.9 Å². The van der Waals surface area contributed by atoms with Crippen LogP contribution in [0.4, 0.5) is 21.0 Å². The maximum atomic E-state index is 14.3. The number of benzene rings is 2. The predicted molar refractivity (Wildman–Crippen MR) is 432 cm³/mol. The number of aliphatic hydroxyl groups is 2. The number of Topliss-reactive ketones (excluding diaryl/α,β-unsaturated/α-hetero) is 1. The summed E-state index contributed by atoms with van der Waals surface area (Å²) in [6, 6.07) is 3.77. The summed E-state index contributed by atoms with van der Waals surface area (Å²) in [4.78, 5) is 164. The lowest BCUT2D eigenvalue weighted by Crippen LogP contribution is -2.60. The highest BCUT2D eigenvalue weighted by Crippen LogP contribution is 2.51. The first-order chi connectivity index (χ1) is 54.7. The van der Waals surface area contributed by atoms with E-state index in [-0.39, 0.29) is 63.6 Å². The molecule has 19 atom stereocenters. The fourth-order valence-corrected chi connectivity index (χ4v) is 14.9. The molecule has 33 nitrogen and oxygen atoms in total. The van der Waals surface area contributed by atoms with Gasteiger partial charge in [0.15, 0.2) is 5.78 Å². The number of aryl methyl sites for hydroxylation is 2. The van der Waals surface area contributed by atoms with Crippen LogP contribution >= 0.6 is 23.2 Å². The van der Waals surface area contributed by atoms with Gasteiger partial charge in [0, 0.05) is 83.1 Å². The number of nitrogens with zero attached hydrogens (tertiary/aromatic N) is 3. The number of epoxide rings is 2. The Morgan fingerprint density at radius 3 is 1.54 bits per heavy atom. The predicted octanol–water partition coefficient (Wildman–Crippen LogP) is 5.38. The number of carbonyl (C=O) groups is 12. The number of esters is 2. The Morgan fingerprint density at radius 2 is 1.09 bits per heavy atom. The molecule has 117 heavy (non-hydrogen) atoms. The van der Waals surface area contributed by atoms with Crippen molar-refractivity contribution < 1.29 is 106 Å². The van der Waals surface area contributed by atoms with Gasteiger partial charge in [-0.1, -0.05) is 118 Å². The Bertz CT molecular complexity index is 4180. The maximum Gasteiger partial charge on any atom is 0.409 e. The largest absolute Gasteiger partial charge is 0.457 e. The second-order valence-electron chi connectivity index (χ2n) is 32.2. The molecular formula is C82H117Cl2N11O22. The first-order valence-corrected chi connectivity index (χ1v) is 39.9. The third kappa shape index (κ3) is 24.6. The van der Waals surface area contributed by atoms with E-state index in [1.54, 1.807) is 61.8 Å². The molecular weight excluding hydrogens is 1560 g/mol. The topological polar surface area (TPSA) is 446 Å². The maximum absolute atomic E-state index is 14.3. The summed E-state index contributed by atoms with van der Waals surface area (Å²) >= 11 is 13.5. The number of ether oxygens (including phenoxy) is 7. The van der Waals surface area contributed by atoms with Gasteiger partial charge < -0.3 is 84.7 Å². The molecule has 0 spiro atoms. The monoisotopic (exact) mass is 1680 g/mol. The SMILES string of the molecule is C/C1=C\C=C\C(C)C2(O)CC(OC(=O)N2)C(C)C2OC2(C)C(OC(=O)C(C)N(C)C(=O)COCC(=O)NC(C)C(=O)CC(C)C(=O)NC(C)C(=O)NCCNC(=O)CON)CC(=O)N(C)c2cc(cc(C)c2Cl)C1.CNC(C)C(=O)OC1CC(=O)N(C)c2cc(cc(C)c2Cl)C/C(C)=C/C=C/C(C)C2(O)CC(OC(=O)N2)C(C)C2OC12C. The van der Waals surface area contributed by atoms with Gasteiger partial charge in [0.1, 0.15) is 85.0 Å². The van der Waals surface area contributed by atoms with Crippen LogP contribution in [0.1, 0.15) is 144 Å². The number of amides is 9. The lowest BCUT2D eigenvalue weighted by molar-refractivity contribution is -0.163. The number of nitrogens with two attached hydrogens (primary N) is 1. The standard InChI is InChI=1S/C50H73ClN8O15.C32H44ClN3O7/c1-26-13-12-14-29(4)50(69)22-37(72-48(68)57-50)30(5)44-49(9,74-44)38(21-41(63)59(11)35-20-34(17-26)18-27(2)43(35)51)73-47(67)33(8)58(10)42(64)25-70-23-40(62)55-31(6)36(60)19-28(3)45(65)56-32(7)46(66)54-16-15-53-39(61)24-71-52;1-17-10-9-11-19(3)32(40)16-24(41-30(39)35-32)20(4)28-31(6,43-28)25(42-29(38)21(5)34-7)15-26(37)36(8)23-14-22(12-17)13-18(2)27(23)33/h12-14,18,20,28-33,37-38,44,69H,15-17,19,21-25,52H2,1-11H3,(H,53,61)(H,54,66)(H,55,62)(H,56,65)(H,57,68);9-11,13-14,19-21,24-25,28,34,40H,12,15-16H2,1-8H3,(H,35,39)/b14-12+,26-13+;11-9+,17-10+. The van der Waals surface area contributed by atoms with Crippen molar-refractivity contribution in [2.24, 2.45) is 35.5 Å². The third-order valence-electron chi connectivity index (χ3n) is 22.8. The second kappa shape index (κ2) is 40.7. The zero-order valence-electron chi connectivity index (χ0n) is 70.2. The van der Waals surface area contributed by atoms with E-state index in [9.17, 15) is 67.7 Å².